The molecular weight excluding hydrogens is 274 g/mol. The summed E-state index contributed by atoms with van der Waals surface area (Å²) < 4.78 is 9.97. The molecule has 21 heavy (non-hydrogen) atoms. The van der Waals surface area contributed by atoms with E-state index in [2.05, 4.69) is 0 Å². The van der Waals surface area contributed by atoms with Gasteiger partial charge in [0.05, 0.1) is 17.4 Å². The molecule has 0 bridgehead atoms. The molecule has 0 saturated heterocycles. The van der Waals surface area contributed by atoms with Gasteiger partial charge in [-0.15, -0.1) is 0 Å². The minimum atomic E-state index is -0.714. The highest BCUT2D eigenvalue weighted by Gasteiger charge is 2.36. The van der Waals surface area contributed by atoms with Crippen LogP contribution in [-0.2, 0) is 4.74 Å². The van der Waals surface area contributed by atoms with Gasteiger partial charge in [0.15, 0.2) is 6.73 Å². The van der Waals surface area contributed by atoms with Crippen LogP contribution >= 0.6 is 0 Å². The Hall–Kier alpha value is -2.89. The number of esters is 1. The zero-order valence-corrected chi connectivity index (χ0v) is 11.2. The smallest absolute Gasteiger partial charge is 0.376 e. The molecule has 1 aliphatic heterocycles. The topological polar surface area (TPSA) is 76.8 Å². The van der Waals surface area contributed by atoms with E-state index in [1.165, 1.54) is 6.26 Å². The highest BCUT2D eigenvalue weighted by atomic mass is 16.6. The molecule has 0 aliphatic carbocycles. The molecule has 3 rings (SSSR count). The first kappa shape index (κ1) is 13.1. The SMILES string of the molecule is Cc1ccoc1C(=O)OCN1C(=O)c2ccccc2C1=O. The lowest BCUT2D eigenvalue weighted by Crippen LogP contribution is -2.33. The van der Waals surface area contributed by atoms with Gasteiger partial charge in [-0.2, -0.15) is 0 Å². The lowest BCUT2D eigenvalue weighted by Gasteiger charge is -2.13. The Kier molecular flexibility index (Phi) is 3.06. The Labute approximate surface area is 119 Å². The number of nitrogens with zero attached hydrogens (tertiary/aromatic N) is 1. The van der Waals surface area contributed by atoms with Crippen LogP contribution in [0.2, 0.25) is 0 Å². The second-order valence-electron chi connectivity index (χ2n) is 4.58. The number of hydrogen-bond donors (Lipinski definition) is 0. The minimum absolute atomic E-state index is 0.0617. The maximum absolute atomic E-state index is 12.1. The third kappa shape index (κ3) is 2.10. The van der Waals surface area contributed by atoms with Crippen LogP contribution in [0.15, 0.2) is 41.0 Å². The fraction of sp³-hybridized carbons (Fsp3) is 0.133. The molecule has 6 heteroatoms. The molecule has 0 atom stereocenters. The van der Waals surface area contributed by atoms with E-state index in [9.17, 15) is 14.4 Å². The summed E-state index contributed by atoms with van der Waals surface area (Å²) in [5.74, 6) is -1.60. The first-order chi connectivity index (χ1) is 10.1. The fourth-order valence-corrected chi connectivity index (χ4v) is 2.13. The summed E-state index contributed by atoms with van der Waals surface area (Å²) in [6.45, 7) is 1.26. The standard InChI is InChI=1S/C15H11NO5/c1-9-6-7-20-12(9)15(19)21-8-16-13(17)10-4-2-3-5-11(10)14(16)18/h2-7H,8H2,1H3. The molecule has 1 aromatic heterocycles. The van der Waals surface area contributed by atoms with E-state index in [1.54, 1.807) is 37.3 Å². The number of furan rings is 1. The van der Waals surface area contributed by atoms with Gasteiger partial charge in [-0.05, 0) is 25.1 Å². The number of fused-ring (bicyclic) bond motifs is 1. The quantitative estimate of drug-likeness (QED) is 0.636. The molecule has 106 valence electrons. The van der Waals surface area contributed by atoms with Crippen molar-refractivity contribution in [2.24, 2.45) is 0 Å². The Morgan fingerprint density at radius 2 is 1.76 bits per heavy atom. The highest BCUT2D eigenvalue weighted by Crippen LogP contribution is 2.22. The molecule has 1 aromatic carbocycles. The van der Waals surface area contributed by atoms with Crippen molar-refractivity contribution in [3.05, 3.63) is 59.0 Å². The van der Waals surface area contributed by atoms with E-state index in [0.717, 1.165) is 4.90 Å². The van der Waals surface area contributed by atoms with Crippen LogP contribution in [-0.4, -0.2) is 29.4 Å². The Bertz CT molecular complexity index is 711. The van der Waals surface area contributed by atoms with Crippen molar-refractivity contribution in [3.63, 3.8) is 0 Å². The van der Waals surface area contributed by atoms with Gasteiger partial charge in [0.25, 0.3) is 11.8 Å². The molecule has 0 fully saturated rings. The molecule has 0 radical (unpaired) electrons. The van der Waals surface area contributed by atoms with E-state index >= 15 is 0 Å². The largest absolute Gasteiger partial charge is 0.457 e. The molecule has 2 heterocycles. The van der Waals surface area contributed by atoms with E-state index in [0.29, 0.717) is 16.7 Å². The van der Waals surface area contributed by atoms with E-state index in [4.69, 9.17) is 9.15 Å². The number of imide groups is 1. The number of rotatable bonds is 3. The fourth-order valence-electron chi connectivity index (χ4n) is 2.13. The van der Waals surface area contributed by atoms with Crippen molar-refractivity contribution in [2.45, 2.75) is 6.92 Å². The Morgan fingerprint density at radius 3 is 2.29 bits per heavy atom. The monoisotopic (exact) mass is 285 g/mol. The first-order valence-corrected chi connectivity index (χ1v) is 6.26. The van der Waals surface area contributed by atoms with Crippen molar-refractivity contribution >= 4 is 17.8 Å². The Balaban J connectivity index is 1.73. The Morgan fingerprint density at radius 1 is 1.14 bits per heavy atom. The van der Waals surface area contributed by atoms with Crippen LogP contribution in [0.25, 0.3) is 0 Å². The molecule has 0 saturated carbocycles. The molecule has 0 spiro atoms. The maximum atomic E-state index is 12.1. The summed E-state index contributed by atoms with van der Waals surface area (Å²) in [5, 5.41) is 0. The summed E-state index contributed by atoms with van der Waals surface area (Å²) >= 11 is 0. The molecule has 6 nitrogen and oxygen atoms in total. The van der Waals surface area contributed by atoms with Gasteiger partial charge < -0.3 is 9.15 Å². The second kappa shape index (κ2) is 4.90. The van der Waals surface area contributed by atoms with Crippen molar-refractivity contribution < 1.29 is 23.5 Å². The summed E-state index contributed by atoms with van der Waals surface area (Å²) in [6.07, 6.45) is 1.37. The predicted molar refractivity (Wildman–Crippen MR) is 70.7 cm³/mol. The number of ether oxygens (including phenoxy) is 1. The molecular formula is C15H11NO5. The minimum Gasteiger partial charge on any atom is -0.457 e. The number of carbonyl (C=O) groups excluding carboxylic acids is 3. The van der Waals surface area contributed by atoms with E-state index in [-0.39, 0.29) is 5.76 Å². The van der Waals surface area contributed by atoms with E-state index in [1.807, 2.05) is 0 Å². The highest BCUT2D eigenvalue weighted by molar-refractivity contribution is 6.21. The number of carbonyl (C=O) groups is 3. The number of benzene rings is 1. The molecule has 2 amide bonds. The lowest BCUT2D eigenvalue weighted by molar-refractivity contribution is 0.0203. The predicted octanol–water partition coefficient (Wildman–Crippen LogP) is 2.00. The van der Waals surface area contributed by atoms with Crippen LogP contribution in [0, 0.1) is 6.92 Å². The maximum Gasteiger partial charge on any atom is 0.376 e. The average molecular weight is 285 g/mol. The second-order valence-corrected chi connectivity index (χ2v) is 4.58. The summed E-state index contributed by atoms with van der Waals surface area (Å²) in [7, 11) is 0. The molecule has 0 N–H and O–H groups in total. The summed E-state index contributed by atoms with van der Waals surface area (Å²) in [5.41, 5.74) is 1.25. The van der Waals surface area contributed by atoms with E-state index < -0.39 is 24.5 Å². The van der Waals surface area contributed by atoms with Crippen LogP contribution in [0.1, 0.15) is 36.8 Å². The van der Waals surface area contributed by atoms with Gasteiger partial charge in [0.1, 0.15) is 0 Å². The van der Waals surface area contributed by atoms with Crippen molar-refractivity contribution in [3.8, 4) is 0 Å². The average Bonchev–Trinajstić information content (AvgIpc) is 3.01. The first-order valence-electron chi connectivity index (χ1n) is 6.26. The van der Waals surface area contributed by atoms with Gasteiger partial charge in [0.2, 0.25) is 5.76 Å². The van der Waals surface area contributed by atoms with Gasteiger partial charge in [-0.25, -0.2) is 9.69 Å². The number of hydrogen-bond acceptors (Lipinski definition) is 5. The zero-order chi connectivity index (χ0) is 15.0. The lowest BCUT2D eigenvalue weighted by atomic mass is 10.1. The van der Waals surface area contributed by atoms with Crippen molar-refractivity contribution in [1.82, 2.24) is 4.90 Å². The third-order valence-corrected chi connectivity index (χ3v) is 3.25. The van der Waals surface area contributed by atoms with Gasteiger partial charge in [0, 0.05) is 5.56 Å². The molecule has 0 unspecified atom stereocenters. The van der Waals surface area contributed by atoms with Gasteiger partial charge >= 0.3 is 5.97 Å². The third-order valence-electron chi connectivity index (χ3n) is 3.25. The van der Waals surface area contributed by atoms with Gasteiger partial charge in [-0.1, -0.05) is 12.1 Å². The summed E-state index contributed by atoms with van der Waals surface area (Å²) in [6, 6.07) is 8.10. The molecule has 1 aliphatic rings. The zero-order valence-electron chi connectivity index (χ0n) is 11.2. The van der Waals surface area contributed by atoms with Crippen LogP contribution < -0.4 is 0 Å². The van der Waals surface area contributed by atoms with Gasteiger partial charge in [-0.3, -0.25) is 9.59 Å². The number of aryl methyl sites for hydroxylation is 1. The van der Waals surface area contributed by atoms with Crippen molar-refractivity contribution in [2.75, 3.05) is 6.73 Å². The molecule has 2 aromatic rings. The normalized spacial score (nSPS) is 13.5. The van der Waals surface area contributed by atoms with Crippen LogP contribution in [0.5, 0.6) is 0 Å². The van der Waals surface area contributed by atoms with Crippen LogP contribution in [0.3, 0.4) is 0 Å². The number of amides is 2. The van der Waals surface area contributed by atoms with Crippen molar-refractivity contribution in [1.29, 1.82) is 0 Å². The summed E-state index contributed by atoms with van der Waals surface area (Å²) in [4.78, 5) is 36.8. The van der Waals surface area contributed by atoms with Crippen LogP contribution in [0.4, 0.5) is 0 Å².